The van der Waals surface area contributed by atoms with Crippen LogP contribution in [0.4, 0.5) is 10.2 Å². The second-order valence-electron chi connectivity index (χ2n) is 5.29. The maximum absolute atomic E-state index is 13.3. The van der Waals surface area contributed by atoms with Crippen molar-refractivity contribution in [2.75, 3.05) is 5.73 Å². The minimum Gasteiger partial charge on any atom is -0.384 e. The number of fused-ring (bicyclic) bond motifs is 1. The molecular weight excluding hydrogens is 291 g/mol. The Kier molecular flexibility index (Phi) is 3.05. The average Bonchev–Trinajstić information content (AvgIpc) is 2.99. The van der Waals surface area contributed by atoms with Gasteiger partial charge in [0.05, 0.1) is 5.69 Å². The molecule has 0 spiro atoms. The number of imidazole rings is 1. The average molecular weight is 304 g/mol. The van der Waals surface area contributed by atoms with E-state index in [0.717, 1.165) is 22.4 Å². The molecule has 0 amide bonds. The molecule has 5 heteroatoms. The summed E-state index contributed by atoms with van der Waals surface area (Å²) in [5.74, 6) is 0.218. The number of hydrogen-bond acceptors (Lipinski definition) is 3. The summed E-state index contributed by atoms with van der Waals surface area (Å²) in [7, 11) is 0. The second-order valence-corrected chi connectivity index (χ2v) is 5.29. The first-order valence-electron chi connectivity index (χ1n) is 7.16. The lowest BCUT2D eigenvalue weighted by atomic mass is 10.0. The molecule has 2 N–H and O–H groups in total. The van der Waals surface area contributed by atoms with Crippen LogP contribution in [0.15, 0.2) is 67.1 Å². The van der Waals surface area contributed by atoms with Gasteiger partial charge in [0, 0.05) is 29.7 Å². The van der Waals surface area contributed by atoms with E-state index < -0.39 is 0 Å². The van der Waals surface area contributed by atoms with E-state index in [1.165, 1.54) is 12.3 Å². The minimum absolute atomic E-state index is 0.285. The third-order valence-corrected chi connectivity index (χ3v) is 3.72. The Morgan fingerprint density at radius 1 is 0.826 bits per heavy atom. The molecule has 0 fully saturated rings. The number of anilines is 1. The summed E-state index contributed by atoms with van der Waals surface area (Å²) < 4.78 is 14.9. The van der Waals surface area contributed by atoms with Gasteiger partial charge in [-0.05, 0) is 29.8 Å². The van der Waals surface area contributed by atoms with E-state index in [4.69, 9.17) is 5.73 Å². The van der Waals surface area contributed by atoms with Crippen molar-refractivity contribution in [3.8, 4) is 22.4 Å². The molecule has 23 heavy (non-hydrogen) atoms. The Labute approximate surface area is 132 Å². The molecule has 0 bridgehead atoms. The fraction of sp³-hybridized carbons (Fsp3) is 0. The first-order valence-corrected chi connectivity index (χ1v) is 7.16. The van der Waals surface area contributed by atoms with Crippen LogP contribution < -0.4 is 5.73 Å². The van der Waals surface area contributed by atoms with E-state index in [-0.39, 0.29) is 5.82 Å². The number of hydrogen-bond donors (Lipinski definition) is 1. The van der Waals surface area contributed by atoms with Crippen molar-refractivity contribution < 1.29 is 4.39 Å². The number of benzene rings is 1. The summed E-state index contributed by atoms with van der Waals surface area (Å²) in [5.41, 5.74) is 10.2. The monoisotopic (exact) mass is 304 g/mol. The topological polar surface area (TPSA) is 56.2 Å². The zero-order chi connectivity index (χ0) is 15.8. The van der Waals surface area contributed by atoms with Crippen molar-refractivity contribution in [2.45, 2.75) is 0 Å². The Morgan fingerprint density at radius 3 is 2.30 bits per heavy atom. The van der Waals surface area contributed by atoms with E-state index >= 15 is 0 Å². The molecule has 0 atom stereocenters. The molecule has 4 nitrogen and oxygen atoms in total. The fourth-order valence-electron chi connectivity index (χ4n) is 2.51. The van der Waals surface area contributed by atoms with Gasteiger partial charge < -0.3 is 10.1 Å². The lowest BCUT2D eigenvalue weighted by Gasteiger charge is -2.03. The first kappa shape index (κ1) is 13.5. The molecule has 0 aliphatic heterocycles. The highest BCUT2D eigenvalue weighted by atomic mass is 19.1. The van der Waals surface area contributed by atoms with E-state index in [0.29, 0.717) is 11.5 Å². The third-order valence-electron chi connectivity index (χ3n) is 3.72. The molecular formula is C18H13FN4. The minimum atomic E-state index is -0.285. The van der Waals surface area contributed by atoms with Crippen LogP contribution in [0.3, 0.4) is 0 Å². The Morgan fingerprint density at radius 2 is 1.57 bits per heavy atom. The van der Waals surface area contributed by atoms with Crippen LogP contribution in [0.1, 0.15) is 0 Å². The van der Waals surface area contributed by atoms with Crippen LogP contribution >= 0.6 is 0 Å². The van der Waals surface area contributed by atoms with Crippen molar-refractivity contribution in [3.63, 3.8) is 0 Å². The molecule has 4 aromatic rings. The lowest BCUT2D eigenvalue weighted by Crippen LogP contribution is -1.88. The number of nitrogens with two attached hydrogens (primary N) is 1. The van der Waals surface area contributed by atoms with Gasteiger partial charge in [0.15, 0.2) is 0 Å². The highest BCUT2D eigenvalue weighted by molar-refractivity contribution is 5.69. The molecule has 1 aromatic carbocycles. The van der Waals surface area contributed by atoms with Gasteiger partial charge in [-0.3, -0.25) is 0 Å². The summed E-state index contributed by atoms with van der Waals surface area (Å²) >= 11 is 0. The Hall–Kier alpha value is -3.21. The maximum Gasteiger partial charge on any atom is 0.139 e. The largest absolute Gasteiger partial charge is 0.384 e. The van der Waals surface area contributed by atoms with E-state index in [1.54, 1.807) is 22.7 Å². The molecule has 0 saturated heterocycles. The van der Waals surface area contributed by atoms with Gasteiger partial charge in [-0.1, -0.05) is 24.3 Å². The zero-order valence-corrected chi connectivity index (χ0v) is 12.1. The van der Waals surface area contributed by atoms with E-state index in [9.17, 15) is 4.39 Å². The fourth-order valence-corrected chi connectivity index (χ4v) is 2.51. The third kappa shape index (κ3) is 2.53. The van der Waals surface area contributed by atoms with Crippen molar-refractivity contribution >= 4 is 11.5 Å². The van der Waals surface area contributed by atoms with Crippen LogP contribution in [0, 0.1) is 5.82 Å². The number of nitrogens with zero attached hydrogens (tertiary/aromatic N) is 3. The number of nitrogen functional groups attached to an aromatic ring is 1. The highest BCUT2D eigenvalue weighted by Gasteiger charge is 2.06. The predicted molar refractivity (Wildman–Crippen MR) is 88.2 cm³/mol. The van der Waals surface area contributed by atoms with Gasteiger partial charge in [0.1, 0.15) is 17.3 Å². The van der Waals surface area contributed by atoms with Crippen LogP contribution in [-0.2, 0) is 0 Å². The zero-order valence-electron chi connectivity index (χ0n) is 12.1. The van der Waals surface area contributed by atoms with Gasteiger partial charge in [0.25, 0.3) is 0 Å². The second kappa shape index (κ2) is 5.21. The smallest absolute Gasteiger partial charge is 0.139 e. The molecule has 0 aliphatic rings. The molecule has 112 valence electrons. The molecule has 4 rings (SSSR count). The van der Waals surface area contributed by atoms with Crippen molar-refractivity contribution in [1.82, 2.24) is 14.4 Å². The highest BCUT2D eigenvalue weighted by Crippen LogP contribution is 2.24. The van der Waals surface area contributed by atoms with Crippen LogP contribution in [0.2, 0.25) is 0 Å². The van der Waals surface area contributed by atoms with Gasteiger partial charge in [-0.25, -0.2) is 14.4 Å². The summed E-state index contributed by atoms with van der Waals surface area (Å²) in [6.07, 6.45) is 4.98. The predicted octanol–water partition coefficient (Wildman–Crippen LogP) is 3.78. The number of halogens is 1. The van der Waals surface area contributed by atoms with Crippen molar-refractivity contribution in [2.24, 2.45) is 0 Å². The Balaban J connectivity index is 1.70. The summed E-state index contributed by atoms with van der Waals surface area (Å²) in [6.45, 7) is 0. The number of pyridine rings is 2. The van der Waals surface area contributed by atoms with Crippen molar-refractivity contribution in [1.29, 1.82) is 0 Å². The normalized spacial score (nSPS) is 11.0. The quantitative estimate of drug-likeness (QED) is 0.613. The lowest BCUT2D eigenvalue weighted by molar-refractivity contribution is 0.619. The molecule has 0 saturated carbocycles. The molecule has 0 aliphatic carbocycles. The summed E-state index contributed by atoms with van der Waals surface area (Å²) in [4.78, 5) is 8.61. The molecule has 0 radical (unpaired) electrons. The molecule has 3 heterocycles. The van der Waals surface area contributed by atoms with Gasteiger partial charge in [0.2, 0.25) is 0 Å². The molecule has 0 unspecified atom stereocenters. The van der Waals surface area contributed by atoms with Gasteiger partial charge in [-0.2, -0.15) is 0 Å². The summed E-state index contributed by atoms with van der Waals surface area (Å²) in [5, 5.41) is 0. The maximum atomic E-state index is 13.3. The van der Waals surface area contributed by atoms with Gasteiger partial charge in [-0.15, -0.1) is 0 Å². The van der Waals surface area contributed by atoms with Crippen LogP contribution in [0.5, 0.6) is 0 Å². The van der Waals surface area contributed by atoms with E-state index in [2.05, 4.69) is 9.97 Å². The van der Waals surface area contributed by atoms with E-state index in [1.807, 2.05) is 36.5 Å². The van der Waals surface area contributed by atoms with Gasteiger partial charge >= 0.3 is 0 Å². The standard InChI is InChI=1S/C18H13FN4/c19-15-6-8-18-22-16(11-23(18)10-15)13-3-1-12(2-4-13)14-5-7-17(20)21-9-14/h1-11H,(H2,20,21). The number of aromatic nitrogens is 3. The summed E-state index contributed by atoms with van der Waals surface area (Å²) in [6, 6.07) is 14.8. The van der Waals surface area contributed by atoms with Crippen molar-refractivity contribution in [3.05, 3.63) is 72.9 Å². The van der Waals surface area contributed by atoms with Crippen LogP contribution in [-0.4, -0.2) is 14.4 Å². The Bertz CT molecular complexity index is 972. The van der Waals surface area contributed by atoms with Crippen LogP contribution in [0.25, 0.3) is 28.0 Å². The molecule has 3 aromatic heterocycles. The SMILES string of the molecule is Nc1ccc(-c2ccc(-c3cn4cc(F)ccc4n3)cc2)cn1. The number of rotatable bonds is 2. The first-order chi connectivity index (χ1) is 11.2.